The van der Waals surface area contributed by atoms with Gasteiger partial charge in [0.1, 0.15) is 17.3 Å². The minimum atomic E-state index is -0.938. The molecule has 1 fully saturated rings. The number of phenolic OH excluding ortho intramolecular Hbond substituents is 1. The van der Waals surface area contributed by atoms with Crippen molar-refractivity contribution < 1.29 is 24.5 Å². The molecule has 1 saturated heterocycles. The van der Waals surface area contributed by atoms with Gasteiger partial charge in [-0.05, 0) is 80.9 Å². The van der Waals surface area contributed by atoms with Crippen LogP contribution in [0, 0.1) is 0 Å². The molecule has 1 heterocycles. The molecule has 0 aliphatic carbocycles. The van der Waals surface area contributed by atoms with Gasteiger partial charge in [0.05, 0.1) is 23.2 Å². The molecule has 1 unspecified atom stereocenters. The minimum Gasteiger partial charge on any atom is -0.508 e. The highest BCUT2D eigenvalue weighted by Crippen LogP contribution is 2.44. The first-order valence-electron chi connectivity index (χ1n) is 12.2. The lowest BCUT2D eigenvalue weighted by atomic mass is 9.95. The SMILES string of the molecule is CCOc1ccc(Cl)c(/C(O)=C2\C(=O)C(=O)N(c3ccc(N(CC)CC)cc3)C2c2ccc(O)cc2)c1. The summed E-state index contributed by atoms with van der Waals surface area (Å²) in [6, 6.07) is 17.4. The zero-order valence-electron chi connectivity index (χ0n) is 20.9. The molecule has 8 heteroatoms. The van der Waals surface area contributed by atoms with Gasteiger partial charge in [0.2, 0.25) is 0 Å². The molecule has 0 aromatic heterocycles. The number of phenols is 1. The van der Waals surface area contributed by atoms with Crippen molar-refractivity contribution in [2.24, 2.45) is 0 Å². The first-order chi connectivity index (χ1) is 17.8. The van der Waals surface area contributed by atoms with Crippen molar-refractivity contribution in [1.29, 1.82) is 0 Å². The summed E-state index contributed by atoms with van der Waals surface area (Å²) >= 11 is 6.40. The molecule has 7 nitrogen and oxygen atoms in total. The average molecular weight is 521 g/mol. The van der Waals surface area contributed by atoms with Gasteiger partial charge in [0.25, 0.3) is 11.7 Å². The molecule has 1 aliphatic heterocycles. The van der Waals surface area contributed by atoms with Gasteiger partial charge in [-0.1, -0.05) is 23.7 Å². The molecular weight excluding hydrogens is 492 g/mol. The smallest absolute Gasteiger partial charge is 0.300 e. The van der Waals surface area contributed by atoms with E-state index in [2.05, 4.69) is 18.7 Å². The van der Waals surface area contributed by atoms with Gasteiger partial charge < -0.3 is 19.8 Å². The molecule has 4 rings (SSSR count). The molecule has 3 aromatic rings. The van der Waals surface area contributed by atoms with Crippen molar-refractivity contribution in [3.05, 3.63) is 88.5 Å². The highest BCUT2D eigenvalue weighted by molar-refractivity contribution is 6.52. The number of amides is 1. The van der Waals surface area contributed by atoms with E-state index in [1.165, 1.54) is 17.0 Å². The topological polar surface area (TPSA) is 90.3 Å². The van der Waals surface area contributed by atoms with Crippen LogP contribution in [-0.2, 0) is 9.59 Å². The zero-order valence-corrected chi connectivity index (χ0v) is 21.7. The third-order valence-electron chi connectivity index (χ3n) is 6.41. The number of hydrogen-bond acceptors (Lipinski definition) is 6. The Bertz CT molecular complexity index is 1330. The van der Waals surface area contributed by atoms with Gasteiger partial charge in [-0.2, -0.15) is 0 Å². The summed E-state index contributed by atoms with van der Waals surface area (Å²) in [5.74, 6) is -1.49. The minimum absolute atomic E-state index is 0.0386. The van der Waals surface area contributed by atoms with Crippen molar-refractivity contribution >= 4 is 40.4 Å². The fourth-order valence-electron chi connectivity index (χ4n) is 4.57. The number of hydrogen-bond donors (Lipinski definition) is 2. The number of ether oxygens (including phenoxy) is 1. The number of carbonyl (C=O) groups excluding carboxylic acids is 2. The van der Waals surface area contributed by atoms with E-state index < -0.39 is 23.5 Å². The van der Waals surface area contributed by atoms with Gasteiger partial charge in [0, 0.05) is 30.0 Å². The lowest BCUT2D eigenvalue weighted by molar-refractivity contribution is -0.132. The molecule has 0 radical (unpaired) electrons. The van der Waals surface area contributed by atoms with Crippen LogP contribution in [0.1, 0.15) is 37.9 Å². The van der Waals surface area contributed by atoms with E-state index >= 15 is 0 Å². The monoisotopic (exact) mass is 520 g/mol. The van der Waals surface area contributed by atoms with Crippen LogP contribution in [0.2, 0.25) is 5.02 Å². The van der Waals surface area contributed by atoms with Gasteiger partial charge in [0.15, 0.2) is 0 Å². The average Bonchev–Trinajstić information content (AvgIpc) is 3.16. The van der Waals surface area contributed by atoms with Crippen molar-refractivity contribution in [2.45, 2.75) is 26.8 Å². The number of halogens is 1. The third kappa shape index (κ3) is 5.00. The van der Waals surface area contributed by atoms with Crippen LogP contribution >= 0.6 is 11.6 Å². The number of Topliss-reactive ketones (excluding diaryl/α,β-unsaturated/α-hetero) is 1. The van der Waals surface area contributed by atoms with Crippen LogP contribution in [0.25, 0.3) is 5.76 Å². The first-order valence-corrected chi connectivity index (χ1v) is 12.6. The third-order valence-corrected chi connectivity index (χ3v) is 6.74. The molecule has 0 spiro atoms. The standard InChI is InChI=1S/C29H29ClN2O5/c1-4-31(5-2)19-9-11-20(12-10-19)32-26(18-7-13-21(33)14-8-18)25(28(35)29(32)36)27(34)23-17-22(37-6-3)15-16-24(23)30/h7-17,26,33-34H,4-6H2,1-3H3/b27-25+. The number of anilines is 2. The fraction of sp³-hybridized carbons (Fsp3) is 0.241. The van der Waals surface area contributed by atoms with E-state index in [0.29, 0.717) is 23.6 Å². The van der Waals surface area contributed by atoms with Crippen LogP contribution in [0.4, 0.5) is 11.4 Å². The number of rotatable bonds is 8. The maximum Gasteiger partial charge on any atom is 0.300 e. The Balaban J connectivity index is 1.89. The van der Waals surface area contributed by atoms with Crippen molar-refractivity contribution in [3.8, 4) is 11.5 Å². The molecular formula is C29H29ClN2O5. The summed E-state index contributed by atoms with van der Waals surface area (Å²) in [5.41, 5.74) is 2.13. The van der Waals surface area contributed by atoms with Gasteiger partial charge in [-0.25, -0.2) is 0 Å². The molecule has 192 valence electrons. The summed E-state index contributed by atoms with van der Waals surface area (Å²) in [7, 11) is 0. The quantitative estimate of drug-likeness (QED) is 0.218. The molecule has 37 heavy (non-hydrogen) atoms. The number of nitrogens with zero attached hydrogens (tertiary/aromatic N) is 2. The highest BCUT2D eigenvalue weighted by atomic mass is 35.5. The Kier molecular flexibility index (Phi) is 7.74. The Morgan fingerprint density at radius 2 is 1.62 bits per heavy atom. The van der Waals surface area contributed by atoms with Crippen LogP contribution < -0.4 is 14.5 Å². The number of aromatic hydroxyl groups is 1. The molecule has 1 aliphatic rings. The van der Waals surface area contributed by atoms with E-state index in [0.717, 1.165) is 18.8 Å². The second-order valence-electron chi connectivity index (χ2n) is 8.52. The van der Waals surface area contributed by atoms with Crippen molar-refractivity contribution in [1.82, 2.24) is 0 Å². The van der Waals surface area contributed by atoms with E-state index in [1.807, 2.05) is 19.1 Å². The highest BCUT2D eigenvalue weighted by Gasteiger charge is 2.47. The van der Waals surface area contributed by atoms with Gasteiger partial charge in [-0.15, -0.1) is 0 Å². The summed E-state index contributed by atoms with van der Waals surface area (Å²) in [4.78, 5) is 30.3. The van der Waals surface area contributed by atoms with Gasteiger partial charge in [-0.3, -0.25) is 14.5 Å². The molecule has 0 saturated carbocycles. The Morgan fingerprint density at radius 1 is 0.973 bits per heavy atom. The number of ketones is 1. The van der Waals surface area contributed by atoms with E-state index in [4.69, 9.17) is 16.3 Å². The van der Waals surface area contributed by atoms with Crippen molar-refractivity contribution in [3.63, 3.8) is 0 Å². The molecule has 1 atom stereocenters. The second-order valence-corrected chi connectivity index (χ2v) is 8.93. The zero-order chi connectivity index (χ0) is 26.7. The number of benzene rings is 3. The number of aliphatic hydroxyl groups is 1. The Labute approximate surface area is 221 Å². The second kappa shape index (κ2) is 11.0. The molecule has 2 N–H and O–H groups in total. The predicted molar refractivity (Wildman–Crippen MR) is 146 cm³/mol. The normalized spacial score (nSPS) is 16.8. The summed E-state index contributed by atoms with van der Waals surface area (Å²) in [6.07, 6.45) is 0. The lowest BCUT2D eigenvalue weighted by Gasteiger charge is -2.27. The summed E-state index contributed by atoms with van der Waals surface area (Å²) in [6.45, 7) is 8.02. The fourth-order valence-corrected chi connectivity index (χ4v) is 4.78. The Morgan fingerprint density at radius 3 is 2.22 bits per heavy atom. The molecule has 1 amide bonds. The maximum atomic E-state index is 13.4. The van der Waals surface area contributed by atoms with E-state index in [1.54, 1.807) is 42.5 Å². The van der Waals surface area contributed by atoms with Crippen LogP contribution in [0.5, 0.6) is 11.5 Å². The van der Waals surface area contributed by atoms with Crippen LogP contribution in [0.3, 0.4) is 0 Å². The lowest BCUT2D eigenvalue weighted by Crippen LogP contribution is -2.29. The van der Waals surface area contributed by atoms with Gasteiger partial charge >= 0.3 is 0 Å². The summed E-state index contributed by atoms with van der Waals surface area (Å²) < 4.78 is 5.54. The first kappa shape index (κ1) is 26.1. The molecule has 0 bridgehead atoms. The predicted octanol–water partition coefficient (Wildman–Crippen LogP) is 5.92. The maximum absolute atomic E-state index is 13.4. The number of carbonyl (C=O) groups is 2. The van der Waals surface area contributed by atoms with Crippen LogP contribution in [0.15, 0.2) is 72.3 Å². The summed E-state index contributed by atoms with van der Waals surface area (Å²) in [5, 5.41) is 21.4. The number of aliphatic hydroxyl groups excluding tert-OH is 1. The Hall–Kier alpha value is -3.97. The van der Waals surface area contributed by atoms with Crippen LogP contribution in [-0.4, -0.2) is 41.6 Å². The van der Waals surface area contributed by atoms with Crippen molar-refractivity contribution in [2.75, 3.05) is 29.5 Å². The van der Waals surface area contributed by atoms with E-state index in [9.17, 15) is 19.8 Å². The molecule has 3 aromatic carbocycles. The van der Waals surface area contributed by atoms with E-state index in [-0.39, 0.29) is 21.9 Å². The largest absolute Gasteiger partial charge is 0.508 e.